The van der Waals surface area contributed by atoms with Crippen LogP contribution in [0.25, 0.3) is 0 Å². The van der Waals surface area contributed by atoms with Gasteiger partial charge in [-0.3, -0.25) is 35.2 Å². The zero-order valence-corrected chi connectivity index (χ0v) is 20.2. The van der Waals surface area contributed by atoms with Gasteiger partial charge in [-0.15, -0.1) is 0 Å². The fourth-order valence-electron chi connectivity index (χ4n) is 3.37. The molecule has 0 fully saturated rings. The first-order valence-corrected chi connectivity index (χ1v) is 11.1. The maximum Gasteiger partial charge on any atom is 0.324 e. The number of hydrogen-bond donors (Lipinski definition) is 1. The molecule has 0 aromatic heterocycles. The number of hydrogen-bond acceptors (Lipinski definition) is 8. The third kappa shape index (κ3) is 7.84. The van der Waals surface area contributed by atoms with Crippen LogP contribution < -0.4 is 0 Å². The zero-order chi connectivity index (χ0) is 26.8. The molecular weight excluding hydrogens is 468 g/mol. The lowest BCUT2D eigenvalue weighted by molar-refractivity contribution is -0.404. The topological polar surface area (TPSA) is 153 Å². The Morgan fingerprint density at radius 2 is 1.11 bits per heavy atom. The van der Waals surface area contributed by atoms with Gasteiger partial charge in [0, 0.05) is 19.1 Å². The smallest absolute Gasteiger partial charge is 0.324 e. The molecule has 0 aliphatic carbocycles. The van der Waals surface area contributed by atoms with Gasteiger partial charge in [-0.2, -0.15) is 0 Å². The Balaban J connectivity index is 0.000000261. The van der Waals surface area contributed by atoms with E-state index in [4.69, 9.17) is 5.11 Å². The standard InChI is InChI=1S/C19H25N.C6H3N3O7/c1-16(2)17(3)20(14-18-10-6-4-7-11-18)15-19-12-8-5-9-13-19;10-6-4(8(13)14)1-3(7(11)12)2-5(6)9(15)16/h4-13,16-17H,14-15H2,1-3H3;1-2,10H. The molecule has 3 rings (SSSR count). The summed E-state index contributed by atoms with van der Waals surface area (Å²) in [7, 11) is 0. The number of aromatic hydroxyl groups is 1. The SMILES string of the molecule is CC(C)C(C)N(Cc1ccccc1)Cc1ccccc1.O=[N+]([O-])c1cc([N+](=O)[O-])c(O)c([N+](=O)[O-])c1. The molecule has 0 bridgehead atoms. The fraction of sp³-hybridized carbons (Fsp3) is 0.280. The van der Waals surface area contributed by atoms with Gasteiger partial charge in [0.15, 0.2) is 0 Å². The molecule has 0 aliphatic rings. The molecule has 0 aliphatic heterocycles. The van der Waals surface area contributed by atoms with Crippen molar-refractivity contribution in [1.82, 2.24) is 4.90 Å². The van der Waals surface area contributed by atoms with E-state index in [1.807, 2.05) is 0 Å². The summed E-state index contributed by atoms with van der Waals surface area (Å²) < 4.78 is 0. The summed E-state index contributed by atoms with van der Waals surface area (Å²) in [6.07, 6.45) is 0. The number of nitro groups is 3. The van der Waals surface area contributed by atoms with Crippen molar-refractivity contribution in [3.63, 3.8) is 0 Å². The maximum atomic E-state index is 10.4. The molecule has 0 amide bonds. The third-order valence-corrected chi connectivity index (χ3v) is 5.66. The molecule has 3 aromatic carbocycles. The molecule has 1 N–H and O–H groups in total. The van der Waals surface area contributed by atoms with E-state index in [-0.39, 0.29) is 0 Å². The highest BCUT2D eigenvalue weighted by atomic mass is 16.6. The van der Waals surface area contributed by atoms with E-state index in [1.54, 1.807) is 0 Å². The van der Waals surface area contributed by atoms with E-state index in [0.29, 0.717) is 24.1 Å². The van der Waals surface area contributed by atoms with Crippen LogP contribution in [0, 0.1) is 36.3 Å². The van der Waals surface area contributed by atoms with Crippen LogP contribution in [0.1, 0.15) is 31.9 Å². The first-order valence-electron chi connectivity index (χ1n) is 11.1. The summed E-state index contributed by atoms with van der Waals surface area (Å²) in [6.45, 7) is 8.95. The number of phenols is 1. The largest absolute Gasteiger partial charge is 0.497 e. The Kier molecular flexibility index (Phi) is 9.99. The van der Waals surface area contributed by atoms with Crippen LogP contribution in [0.15, 0.2) is 72.8 Å². The average Bonchev–Trinajstić information content (AvgIpc) is 2.84. The average molecular weight is 497 g/mol. The van der Waals surface area contributed by atoms with Gasteiger partial charge in [0.2, 0.25) is 0 Å². The molecule has 1 atom stereocenters. The second kappa shape index (κ2) is 12.9. The van der Waals surface area contributed by atoms with Crippen molar-refractivity contribution < 1.29 is 19.9 Å². The number of nitro benzene ring substituents is 3. The van der Waals surface area contributed by atoms with Gasteiger partial charge in [0.1, 0.15) is 0 Å². The highest BCUT2D eigenvalue weighted by Crippen LogP contribution is 2.38. The zero-order valence-electron chi connectivity index (χ0n) is 20.2. The number of phenolic OH excluding ortho intramolecular Hbond substituents is 1. The quantitative estimate of drug-likeness (QED) is 0.286. The van der Waals surface area contributed by atoms with E-state index < -0.39 is 37.6 Å². The number of non-ortho nitro benzene ring substituents is 1. The normalized spacial score (nSPS) is 11.5. The Morgan fingerprint density at radius 3 is 1.42 bits per heavy atom. The summed E-state index contributed by atoms with van der Waals surface area (Å²) in [5.74, 6) is -0.553. The van der Waals surface area contributed by atoms with Gasteiger partial charge in [-0.1, -0.05) is 74.5 Å². The summed E-state index contributed by atoms with van der Waals surface area (Å²) in [6, 6.07) is 23.0. The lowest BCUT2D eigenvalue weighted by atomic mass is 10.0. The Bertz CT molecular complexity index is 1110. The predicted octanol–water partition coefficient (Wildman–Crippen LogP) is 5.85. The highest BCUT2D eigenvalue weighted by Gasteiger charge is 2.30. The molecule has 0 saturated heterocycles. The number of nitrogens with zero attached hydrogens (tertiary/aromatic N) is 4. The van der Waals surface area contributed by atoms with E-state index in [2.05, 4.69) is 86.3 Å². The van der Waals surface area contributed by atoms with Crippen molar-refractivity contribution in [1.29, 1.82) is 0 Å². The van der Waals surface area contributed by atoms with Gasteiger partial charge in [0.05, 0.1) is 26.9 Å². The summed E-state index contributed by atoms with van der Waals surface area (Å²) >= 11 is 0. The summed E-state index contributed by atoms with van der Waals surface area (Å²) in [5, 5.41) is 40.2. The van der Waals surface area contributed by atoms with Gasteiger partial charge in [0.25, 0.3) is 11.4 Å². The van der Waals surface area contributed by atoms with Crippen molar-refractivity contribution in [2.45, 2.75) is 39.9 Å². The van der Waals surface area contributed by atoms with Crippen LogP contribution >= 0.6 is 0 Å². The molecule has 0 heterocycles. The van der Waals surface area contributed by atoms with E-state index in [1.165, 1.54) is 11.1 Å². The summed E-state index contributed by atoms with van der Waals surface area (Å²) in [5.41, 5.74) is -0.232. The molecule has 0 saturated carbocycles. The van der Waals surface area contributed by atoms with E-state index in [0.717, 1.165) is 13.1 Å². The lowest BCUT2D eigenvalue weighted by Gasteiger charge is -2.32. The molecule has 11 heteroatoms. The molecule has 11 nitrogen and oxygen atoms in total. The van der Waals surface area contributed by atoms with Crippen molar-refractivity contribution in [3.8, 4) is 5.75 Å². The second-order valence-electron chi connectivity index (χ2n) is 8.46. The van der Waals surface area contributed by atoms with Crippen molar-refractivity contribution in [2.24, 2.45) is 5.92 Å². The van der Waals surface area contributed by atoms with E-state index >= 15 is 0 Å². The first kappa shape index (κ1) is 27.9. The van der Waals surface area contributed by atoms with Crippen LogP contribution in [-0.4, -0.2) is 30.8 Å². The van der Waals surface area contributed by atoms with Crippen molar-refractivity contribution >= 4 is 17.1 Å². The van der Waals surface area contributed by atoms with Gasteiger partial charge >= 0.3 is 11.4 Å². The van der Waals surface area contributed by atoms with Crippen LogP contribution in [-0.2, 0) is 13.1 Å². The minimum atomic E-state index is -1.21. The molecule has 190 valence electrons. The Morgan fingerprint density at radius 1 is 0.722 bits per heavy atom. The molecule has 0 spiro atoms. The van der Waals surface area contributed by atoms with Gasteiger partial charge < -0.3 is 5.11 Å². The van der Waals surface area contributed by atoms with Crippen LogP contribution in [0.4, 0.5) is 17.1 Å². The first-order chi connectivity index (χ1) is 17.0. The Labute approximate surface area is 208 Å². The number of benzene rings is 3. The monoisotopic (exact) mass is 496 g/mol. The molecular formula is C25H28N4O7. The summed E-state index contributed by atoms with van der Waals surface area (Å²) in [4.78, 5) is 30.3. The molecule has 0 radical (unpaired) electrons. The predicted molar refractivity (Wildman–Crippen MR) is 135 cm³/mol. The van der Waals surface area contributed by atoms with Crippen LogP contribution in [0.2, 0.25) is 0 Å². The molecule has 1 unspecified atom stereocenters. The third-order valence-electron chi connectivity index (χ3n) is 5.66. The van der Waals surface area contributed by atoms with Gasteiger partial charge in [-0.05, 0) is 24.0 Å². The molecule has 3 aromatic rings. The second-order valence-corrected chi connectivity index (χ2v) is 8.46. The minimum absolute atomic E-state index is 0.447. The fourth-order valence-corrected chi connectivity index (χ4v) is 3.37. The molecule has 36 heavy (non-hydrogen) atoms. The lowest BCUT2D eigenvalue weighted by Crippen LogP contribution is -2.35. The maximum absolute atomic E-state index is 10.4. The Hall–Kier alpha value is -4.38. The minimum Gasteiger partial charge on any atom is -0.497 e. The van der Waals surface area contributed by atoms with Crippen molar-refractivity contribution in [3.05, 3.63) is 114 Å². The van der Waals surface area contributed by atoms with Crippen LogP contribution in [0.5, 0.6) is 5.75 Å². The highest BCUT2D eigenvalue weighted by molar-refractivity contribution is 5.64. The van der Waals surface area contributed by atoms with Crippen molar-refractivity contribution in [2.75, 3.05) is 0 Å². The number of rotatable bonds is 9. The van der Waals surface area contributed by atoms with Crippen LogP contribution in [0.3, 0.4) is 0 Å². The van der Waals surface area contributed by atoms with Gasteiger partial charge in [-0.25, -0.2) is 0 Å². The van der Waals surface area contributed by atoms with E-state index in [9.17, 15) is 30.3 Å².